The average molecular weight is 544 g/mol. The van der Waals surface area contributed by atoms with Crippen LogP contribution >= 0.6 is 46.7 Å². The lowest BCUT2D eigenvalue weighted by Crippen LogP contribution is -2.09. The van der Waals surface area contributed by atoms with Crippen LogP contribution in [0.1, 0.15) is 22.3 Å². The molecule has 8 nitrogen and oxygen atoms in total. The van der Waals surface area contributed by atoms with Crippen LogP contribution in [-0.4, -0.2) is 69.5 Å². The molecule has 2 aromatic rings. The Morgan fingerprint density at radius 2 is 1.41 bits per heavy atom. The normalized spacial score (nSPS) is 10.0. The fourth-order valence-electron chi connectivity index (χ4n) is 2.59. The molecule has 0 aliphatic carbocycles. The van der Waals surface area contributed by atoms with Crippen LogP contribution in [0.4, 0.5) is 11.6 Å². The minimum Gasteiger partial charge on any atom is -0.396 e. The first-order valence-electron chi connectivity index (χ1n) is 10.4. The molecule has 0 saturated carbocycles. The Bertz CT molecular complexity index is 976. The van der Waals surface area contributed by atoms with Gasteiger partial charge in [0.15, 0.2) is 0 Å². The maximum atomic E-state index is 9.02. The van der Waals surface area contributed by atoms with Gasteiger partial charge in [-0.25, -0.2) is 9.97 Å². The van der Waals surface area contributed by atoms with Crippen LogP contribution in [-0.2, 0) is 0 Å². The van der Waals surface area contributed by atoms with Crippen molar-refractivity contribution < 1.29 is 10.2 Å². The zero-order chi connectivity index (χ0) is 25.3. The molecule has 34 heavy (non-hydrogen) atoms. The molecule has 0 atom stereocenters. The van der Waals surface area contributed by atoms with E-state index in [-0.39, 0.29) is 18.4 Å². The van der Waals surface area contributed by atoms with Crippen molar-refractivity contribution in [1.82, 2.24) is 9.97 Å². The van der Waals surface area contributed by atoms with E-state index in [4.69, 9.17) is 43.9 Å². The highest BCUT2D eigenvalue weighted by molar-refractivity contribution is 7.99. The third-order valence-electron chi connectivity index (χ3n) is 4.14. The number of aryl methyl sites for hydroxylation is 2. The van der Waals surface area contributed by atoms with Crippen molar-refractivity contribution in [2.75, 3.05) is 59.9 Å². The summed E-state index contributed by atoms with van der Waals surface area (Å²) >= 11 is 15.0. The second-order valence-corrected chi connectivity index (χ2v) is 9.92. The highest BCUT2D eigenvalue weighted by Crippen LogP contribution is 2.21. The van der Waals surface area contributed by atoms with Gasteiger partial charge in [-0.2, -0.15) is 34.0 Å². The number of rotatable bonds is 12. The molecule has 0 unspecified atom stereocenters. The number of aromatic nitrogens is 2. The van der Waals surface area contributed by atoms with Crippen LogP contribution < -0.4 is 10.6 Å². The van der Waals surface area contributed by atoms with E-state index < -0.39 is 0 Å². The first-order chi connectivity index (χ1) is 16.4. The summed E-state index contributed by atoms with van der Waals surface area (Å²) in [6.45, 7) is 5.48. The van der Waals surface area contributed by atoms with Gasteiger partial charge in [-0.1, -0.05) is 23.2 Å². The number of nitrogens with one attached hydrogen (secondary N) is 2. The topological polar surface area (TPSA) is 138 Å². The van der Waals surface area contributed by atoms with Crippen molar-refractivity contribution in [2.45, 2.75) is 13.8 Å². The Morgan fingerprint density at radius 1 is 0.853 bits per heavy atom. The number of nitriles is 2. The van der Waals surface area contributed by atoms with Gasteiger partial charge in [-0.3, -0.25) is 0 Å². The van der Waals surface area contributed by atoms with Crippen LogP contribution in [0.2, 0.25) is 10.3 Å². The van der Waals surface area contributed by atoms with Gasteiger partial charge < -0.3 is 20.8 Å². The summed E-state index contributed by atoms with van der Waals surface area (Å²) in [4.78, 5) is 8.19. The number of thioether (sulfide) groups is 2. The maximum absolute atomic E-state index is 9.02. The zero-order valence-electron chi connectivity index (χ0n) is 19.1. The number of pyridine rings is 2. The lowest BCUT2D eigenvalue weighted by molar-refractivity contribution is 0.322. The van der Waals surface area contributed by atoms with Gasteiger partial charge in [0.25, 0.3) is 0 Å². The molecule has 2 aromatic heterocycles. The van der Waals surface area contributed by atoms with E-state index in [1.54, 1.807) is 35.7 Å². The number of aliphatic hydroxyl groups excluding tert-OH is 2. The SMILES string of the molecule is Cc1cc(Cl)nc(NCCSCCO)c1C#N.Cc1cc(NCCSCCO)nc(Cl)c1C#N. The summed E-state index contributed by atoms with van der Waals surface area (Å²) in [5.41, 5.74) is 2.59. The molecular weight excluding hydrogens is 515 g/mol. The highest BCUT2D eigenvalue weighted by Gasteiger charge is 2.09. The average Bonchev–Trinajstić information content (AvgIpc) is 2.79. The minimum absolute atomic E-state index is 0.183. The quantitative estimate of drug-likeness (QED) is 0.229. The maximum Gasteiger partial charge on any atom is 0.149 e. The van der Waals surface area contributed by atoms with Gasteiger partial charge in [0.1, 0.15) is 34.1 Å². The van der Waals surface area contributed by atoms with E-state index in [1.165, 1.54) is 0 Å². The smallest absolute Gasteiger partial charge is 0.149 e. The summed E-state index contributed by atoms with van der Waals surface area (Å²) in [6.07, 6.45) is 0. The largest absolute Gasteiger partial charge is 0.396 e. The molecule has 4 N–H and O–H groups in total. The number of aliphatic hydroxyl groups is 2. The highest BCUT2D eigenvalue weighted by atomic mass is 35.5. The van der Waals surface area contributed by atoms with Gasteiger partial charge in [0.2, 0.25) is 0 Å². The van der Waals surface area contributed by atoms with Crippen molar-refractivity contribution in [1.29, 1.82) is 10.5 Å². The summed E-state index contributed by atoms with van der Waals surface area (Å²) in [5, 5.41) is 41.9. The fraction of sp³-hybridized carbons (Fsp3) is 0.455. The molecule has 2 rings (SSSR count). The molecular formula is C22H28Cl2N6O2S2. The Labute approximate surface area is 219 Å². The van der Waals surface area contributed by atoms with Crippen molar-refractivity contribution in [3.05, 3.63) is 44.7 Å². The number of nitrogens with zero attached hydrogens (tertiary/aromatic N) is 4. The lowest BCUT2D eigenvalue weighted by Gasteiger charge is -2.09. The third kappa shape index (κ3) is 11.0. The number of hydrogen-bond acceptors (Lipinski definition) is 10. The van der Waals surface area contributed by atoms with E-state index in [0.717, 1.165) is 40.7 Å². The van der Waals surface area contributed by atoms with Gasteiger partial charge >= 0.3 is 0 Å². The number of hydrogen-bond donors (Lipinski definition) is 4. The van der Waals surface area contributed by atoms with E-state index in [1.807, 2.05) is 19.9 Å². The molecule has 0 aliphatic heterocycles. The predicted octanol–water partition coefficient (Wildman–Crippen LogP) is 4.11. The van der Waals surface area contributed by atoms with Crippen LogP contribution in [0.5, 0.6) is 0 Å². The van der Waals surface area contributed by atoms with Crippen LogP contribution in [0.15, 0.2) is 12.1 Å². The molecule has 0 aromatic carbocycles. The van der Waals surface area contributed by atoms with Crippen molar-refractivity contribution >= 4 is 58.4 Å². The summed E-state index contributed by atoms with van der Waals surface area (Å²) in [7, 11) is 0. The number of halogens is 2. The van der Waals surface area contributed by atoms with Crippen molar-refractivity contribution in [2.24, 2.45) is 0 Å². The van der Waals surface area contributed by atoms with E-state index in [2.05, 4.69) is 26.7 Å². The lowest BCUT2D eigenvalue weighted by atomic mass is 10.1. The molecule has 0 bridgehead atoms. The van der Waals surface area contributed by atoms with Crippen LogP contribution in [0.25, 0.3) is 0 Å². The van der Waals surface area contributed by atoms with Gasteiger partial charge in [0, 0.05) is 36.1 Å². The molecule has 0 radical (unpaired) electrons. The second-order valence-electron chi connectivity index (χ2n) is 6.72. The summed E-state index contributed by atoms with van der Waals surface area (Å²) in [5.74, 6) is 4.40. The van der Waals surface area contributed by atoms with Crippen molar-refractivity contribution in [3.8, 4) is 12.1 Å². The summed E-state index contributed by atoms with van der Waals surface area (Å²) in [6, 6.07) is 7.61. The van der Waals surface area contributed by atoms with Gasteiger partial charge in [-0.15, -0.1) is 0 Å². The molecule has 0 amide bonds. The van der Waals surface area contributed by atoms with E-state index in [0.29, 0.717) is 34.5 Å². The fourth-order valence-corrected chi connectivity index (χ4v) is 4.28. The molecule has 0 spiro atoms. The number of anilines is 2. The first kappa shape index (κ1) is 30.1. The summed E-state index contributed by atoms with van der Waals surface area (Å²) < 4.78 is 0. The molecule has 0 saturated heterocycles. The van der Waals surface area contributed by atoms with E-state index >= 15 is 0 Å². The Hall–Kier alpha value is -1.92. The zero-order valence-corrected chi connectivity index (χ0v) is 22.2. The monoisotopic (exact) mass is 542 g/mol. The second kappa shape index (κ2) is 17.5. The predicted molar refractivity (Wildman–Crippen MR) is 143 cm³/mol. The third-order valence-corrected chi connectivity index (χ3v) is 6.54. The molecule has 2 heterocycles. The van der Waals surface area contributed by atoms with E-state index in [9.17, 15) is 0 Å². The Balaban J connectivity index is 0.000000340. The van der Waals surface area contributed by atoms with Crippen LogP contribution in [0.3, 0.4) is 0 Å². The Morgan fingerprint density at radius 3 is 1.94 bits per heavy atom. The Kier molecular flexibility index (Phi) is 15.5. The molecule has 184 valence electrons. The van der Waals surface area contributed by atoms with Gasteiger partial charge in [0.05, 0.1) is 24.3 Å². The molecule has 0 aliphatic rings. The minimum atomic E-state index is 0.183. The molecule has 0 fully saturated rings. The standard InChI is InChI=1S/2C11H14ClN3OS/c1-8-6-10(14-2-4-17-5-3-16)15-11(12)9(8)7-13;1-8-6-10(12)15-11(9(8)7-13)14-2-4-17-5-3-16/h2*6,16H,2-5H2,1H3,(H,14,15). The van der Waals surface area contributed by atoms with Gasteiger partial charge in [-0.05, 0) is 37.1 Å². The van der Waals surface area contributed by atoms with Crippen molar-refractivity contribution in [3.63, 3.8) is 0 Å². The molecule has 12 heteroatoms. The first-order valence-corrected chi connectivity index (χ1v) is 13.4. The van der Waals surface area contributed by atoms with Crippen LogP contribution in [0, 0.1) is 36.5 Å².